The number of aromatic nitrogens is 4. The fourth-order valence-corrected chi connectivity index (χ4v) is 6.74. The predicted molar refractivity (Wildman–Crippen MR) is 137 cm³/mol. The summed E-state index contributed by atoms with van der Waals surface area (Å²) in [4.78, 5) is 55.5. The van der Waals surface area contributed by atoms with Crippen LogP contribution in [-0.4, -0.2) is 64.6 Å². The molecule has 1 aliphatic heterocycles. The van der Waals surface area contributed by atoms with Crippen molar-refractivity contribution < 1.29 is 14.7 Å². The SMILES string of the molecule is CCCCn1c(O)c(C(=N)N)c(=O)n(C2CCC3(CC2)CC2(C3)C(=O)N(C)C(=O)N2Cc2cn[nH]c2)c1=O. The lowest BCUT2D eigenvalue weighted by Crippen LogP contribution is -2.64. The van der Waals surface area contributed by atoms with E-state index in [0.717, 1.165) is 21.1 Å². The first-order valence-electron chi connectivity index (χ1n) is 13.1. The number of H-pyrrole nitrogens is 1. The molecule has 2 aromatic rings. The number of amides is 3. The molecule has 13 heteroatoms. The zero-order chi connectivity index (χ0) is 27.4. The normalized spacial score (nSPS) is 26.9. The second-order valence-corrected chi connectivity index (χ2v) is 11.0. The number of amidine groups is 1. The summed E-state index contributed by atoms with van der Waals surface area (Å²) in [6.07, 6.45) is 8.23. The van der Waals surface area contributed by atoms with Crippen LogP contribution in [0.15, 0.2) is 22.0 Å². The lowest BCUT2D eigenvalue weighted by molar-refractivity contribution is -0.150. The molecule has 3 heterocycles. The van der Waals surface area contributed by atoms with Gasteiger partial charge in [-0.05, 0) is 50.4 Å². The molecule has 0 bridgehead atoms. The third kappa shape index (κ3) is 3.74. The Morgan fingerprint density at radius 3 is 2.50 bits per heavy atom. The quantitative estimate of drug-likeness (QED) is 0.238. The van der Waals surface area contributed by atoms with Crippen LogP contribution in [-0.2, 0) is 17.9 Å². The van der Waals surface area contributed by atoms with Gasteiger partial charge in [0.25, 0.3) is 11.5 Å². The van der Waals surface area contributed by atoms with Crippen LogP contribution in [0.1, 0.15) is 75.5 Å². The summed E-state index contributed by atoms with van der Waals surface area (Å²) in [6.45, 7) is 2.46. The average molecular weight is 527 g/mol. The number of nitrogens with one attached hydrogen (secondary N) is 2. The van der Waals surface area contributed by atoms with Gasteiger partial charge in [0.15, 0.2) is 0 Å². The zero-order valence-corrected chi connectivity index (χ0v) is 21.7. The van der Waals surface area contributed by atoms with E-state index in [1.54, 1.807) is 17.3 Å². The van der Waals surface area contributed by atoms with E-state index in [1.165, 1.54) is 11.9 Å². The van der Waals surface area contributed by atoms with E-state index in [9.17, 15) is 24.3 Å². The van der Waals surface area contributed by atoms with Crippen molar-refractivity contribution in [3.8, 4) is 5.88 Å². The van der Waals surface area contributed by atoms with Gasteiger partial charge in [0.2, 0.25) is 5.88 Å². The number of likely N-dealkylation sites (N-methyl/N-ethyl adjacent to an activating group) is 1. The first-order chi connectivity index (χ1) is 18.0. The Kier molecular flexibility index (Phi) is 6.19. The molecule has 2 aliphatic carbocycles. The fraction of sp³-hybridized carbons (Fsp3) is 0.600. The second kappa shape index (κ2) is 9.14. The Morgan fingerprint density at radius 1 is 1.24 bits per heavy atom. The van der Waals surface area contributed by atoms with Crippen LogP contribution in [0.5, 0.6) is 5.88 Å². The van der Waals surface area contributed by atoms with Crippen LogP contribution in [0, 0.1) is 10.8 Å². The third-order valence-electron chi connectivity index (χ3n) is 8.70. The van der Waals surface area contributed by atoms with Crippen molar-refractivity contribution in [3.05, 3.63) is 44.4 Å². The smallest absolute Gasteiger partial charge is 0.334 e. The van der Waals surface area contributed by atoms with Gasteiger partial charge < -0.3 is 15.7 Å². The molecule has 2 spiro atoms. The van der Waals surface area contributed by atoms with E-state index in [-0.39, 0.29) is 36.0 Å². The number of aromatic hydroxyl groups is 1. The Hall–Kier alpha value is -3.90. The molecule has 3 fully saturated rings. The third-order valence-corrected chi connectivity index (χ3v) is 8.70. The highest BCUT2D eigenvalue weighted by molar-refractivity contribution is 6.07. The number of nitrogen functional groups attached to an aromatic ring is 1. The number of carbonyl (C=O) groups excluding carboxylic acids is 2. The molecule has 3 aliphatic rings. The number of nitrogens with two attached hydrogens (primary N) is 1. The van der Waals surface area contributed by atoms with Crippen molar-refractivity contribution in [2.24, 2.45) is 11.1 Å². The van der Waals surface area contributed by atoms with Crippen LogP contribution in [0.25, 0.3) is 0 Å². The molecule has 38 heavy (non-hydrogen) atoms. The van der Waals surface area contributed by atoms with Gasteiger partial charge in [-0.3, -0.25) is 34.1 Å². The Labute approximate surface area is 218 Å². The van der Waals surface area contributed by atoms with Crippen LogP contribution in [0.4, 0.5) is 4.79 Å². The minimum Gasteiger partial charge on any atom is -0.494 e. The van der Waals surface area contributed by atoms with Gasteiger partial charge in [-0.2, -0.15) is 5.10 Å². The molecular weight excluding hydrogens is 492 g/mol. The highest BCUT2D eigenvalue weighted by atomic mass is 16.3. The molecule has 0 radical (unpaired) electrons. The van der Waals surface area contributed by atoms with Gasteiger partial charge in [0, 0.05) is 31.4 Å². The molecule has 3 amide bonds. The van der Waals surface area contributed by atoms with Crippen molar-refractivity contribution >= 4 is 17.8 Å². The van der Waals surface area contributed by atoms with Gasteiger partial charge in [-0.25, -0.2) is 9.59 Å². The predicted octanol–water partition coefficient (Wildman–Crippen LogP) is 1.25. The molecule has 1 saturated heterocycles. The summed E-state index contributed by atoms with van der Waals surface area (Å²) < 4.78 is 2.29. The second-order valence-electron chi connectivity index (χ2n) is 11.0. The lowest BCUT2D eigenvalue weighted by Gasteiger charge is -2.58. The maximum absolute atomic E-state index is 13.3. The van der Waals surface area contributed by atoms with Gasteiger partial charge >= 0.3 is 11.7 Å². The summed E-state index contributed by atoms with van der Waals surface area (Å²) >= 11 is 0. The Balaban J connectivity index is 1.38. The standard InChI is InChI=1S/C25H34N8O5/c1-3-4-9-31-19(34)17(18(26)27)20(35)33(23(31)38)16-5-7-24(8-6-16)13-25(14-24)21(36)30(2)22(37)32(25)12-15-10-28-29-11-15/h10-11,16,34H,3-9,12-14H2,1-2H3,(H3,26,27)(H,28,29). The van der Waals surface area contributed by atoms with Crippen LogP contribution < -0.4 is 17.0 Å². The molecule has 2 aromatic heterocycles. The number of unbranched alkanes of at least 4 members (excludes halogenated alkanes) is 1. The molecule has 0 unspecified atom stereocenters. The summed E-state index contributed by atoms with van der Waals surface area (Å²) in [7, 11) is 1.51. The summed E-state index contributed by atoms with van der Waals surface area (Å²) in [5.74, 6) is -1.33. The molecule has 2 saturated carbocycles. The minimum atomic E-state index is -0.889. The number of aromatic amines is 1. The van der Waals surface area contributed by atoms with Crippen molar-refractivity contribution in [1.29, 1.82) is 5.41 Å². The van der Waals surface area contributed by atoms with Crippen molar-refractivity contribution in [2.75, 3.05) is 7.05 Å². The van der Waals surface area contributed by atoms with E-state index in [1.807, 2.05) is 6.92 Å². The number of nitrogens with zero attached hydrogens (tertiary/aromatic N) is 5. The van der Waals surface area contributed by atoms with Crippen LogP contribution in [0.2, 0.25) is 0 Å². The monoisotopic (exact) mass is 526 g/mol. The van der Waals surface area contributed by atoms with Gasteiger partial charge in [0.05, 0.1) is 12.7 Å². The largest absolute Gasteiger partial charge is 0.494 e. The number of imide groups is 1. The van der Waals surface area contributed by atoms with E-state index in [4.69, 9.17) is 11.1 Å². The molecule has 5 N–H and O–H groups in total. The summed E-state index contributed by atoms with van der Waals surface area (Å²) in [6, 6.07) is -0.728. The van der Waals surface area contributed by atoms with Crippen molar-refractivity contribution in [2.45, 2.75) is 83.0 Å². The topological polar surface area (TPSA) is 183 Å². The van der Waals surface area contributed by atoms with E-state index in [0.29, 0.717) is 44.9 Å². The molecule has 13 nitrogen and oxygen atoms in total. The van der Waals surface area contributed by atoms with Gasteiger partial charge in [-0.15, -0.1) is 0 Å². The zero-order valence-electron chi connectivity index (χ0n) is 21.7. The maximum atomic E-state index is 13.3. The number of hydrogen-bond acceptors (Lipinski definition) is 7. The molecule has 5 rings (SSSR count). The van der Waals surface area contributed by atoms with E-state index >= 15 is 0 Å². The highest BCUT2D eigenvalue weighted by Crippen LogP contribution is 2.62. The molecule has 0 atom stereocenters. The molecule has 0 aromatic carbocycles. The summed E-state index contributed by atoms with van der Waals surface area (Å²) in [5.41, 5.74) is 3.69. The highest BCUT2D eigenvalue weighted by Gasteiger charge is 2.67. The maximum Gasteiger partial charge on any atom is 0.334 e. The van der Waals surface area contributed by atoms with Crippen molar-refractivity contribution in [3.63, 3.8) is 0 Å². The molecular formula is C25H34N8O5. The number of carbonyl (C=O) groups is 2. The van der Waals surface area contributed by atoms with E-state index < -0.39 is 34.5 Å². The first-order valence-corrected chi connectivity index (χ1v) is 13.1. The van der Waals surface area contributed by atoms with E-state index in [2.05, 4.69) is 10.2 Å². The first kappa shape index (κ1) is 25.7. The minimum absolute atomic E-state index is 0.169. The van der Waals surface area contributed by atoms with Crippen LogP contribution >= 0.6 is 0 Å². The Bertz CT molecular complexity index is 1390. The number of rotatable bonds is 7. The van der Waals surface area contributed by atoms with Gasteiger partial charge in [-0.1, -0.05) is 13.3 Å². The number of urea groups is 1. The lowest BCUT2D eigenvalue weighted by atomic mass is 9.51. The van der Waals surface area contributed by atoms with Crippen molar-refractivity contribution in [1.82, 2.24) is 29.1 Å². The Morgan fingerprint density at radius 2 is 1.92 bits per heavy atom. The van der Waals surface area contributed by atoms with Crippen LogP contribution in [0.3, 0.4) is 0 Å². The fourth-order valence-electron chi connectivity index (χ4n) is 6.74. The average Bonchev–Trinajstić information content (AvgIpc) is 3.43. The van der Waals surface area contributed by atoms with Gasteiger partial charge in [0.1, 0.15) is 16.9 Å². The summed E-state index contributed by atoms with van der Waals surface area (Å²) in [5, 5.41) is 25.1. The number of hydrogen-bond donors (Lipinski definition) is 4. The molecule has 204 valence electrons.